The normalized spacial score (nSPS) is 22.0. The molecule has 0 bridgehead atoms. The molecule has 0 spiro atoms. The lowest BCUT2D eigenvalue weighted by Gasteiger charge is -2.31. The Bertz CT molecular complexity index is 539. The molecule has 2 atom stereocenters. The van der Waals surface area contributed by atoms with Crippen molar-refractivity contribution in [2.45, 2.75) is 31.8 Å². The summed E-state index contributed by atoms with van der Waals surface area (Å²) < 4.78 is 5.86. The van der Waals surface area contributed by atoms with Gasteiger partial charge in [0.15, 0.2) is 0 Å². The Balaban J connectivity index is 2.19. The minimum Gasteiger partial charge on any atom is -0.490 e. The summed E-state index contributed by atoms with van der Waals surface area (Å²) >= 11 is 0. The molecular weight excluding hydrogens is 258 g/mol. The van der Waals surface area contributed by atoms with Crippen LogP contribution in [0.25, 0.3) is 0 Å². The monoisotopic (exact) mass is 275 g/mol. The van der Waals surface area contributed by atoms with E-state index in [0.29, 0.717) is 18.2 Å². The van der Waals surface area contributed by atoms with Crippen LogP contribution in [0.2, 0.25) is 0 Å². The van der Waals surface area contributed by atoms with Gasteiger partial charge >= 0.3 is 0 Å². The van der Waals surface area contributed by atoms with Crippen LogP contribution in [-0.2, 0) is 0 Å². The van der Waals surface area contributed by atoms with Crippen molar-refractivity contribution in [3.63, 3.8) is 0 Å². The largest absolute Gasteiger partial charge is 0.490 e. The maximum atomic E-state index is 10.9. The average molecular weight is 275 g/mol. The van der Waals surface area contributed by atoms with Crippen LogP contribution in [0.4, 0.5) is 5.69 Å². The molecule has 0 aromatic heterocycles. The molecule has 20 heavy (non-hydrogen) atoms. The van der Waals surface area contributed by atoms with Crippen LogP contribution < -0.4 is 10.5 Å². The topological polar surface area (TPSA) is 102 Å². The minimum absolute atomic E-state index is 0.00119. The number of nitrogens with zero attached hydrogens (tertiary/aromatic N) is 2. The molecule has 6 heteroatoms. The number of hydrogen-bond donors (Lipinski definition) is 1. The molecule has 6 nitrogen and oxygen atoms in total. The van der Waals surface area contributed by atoms with E-state index in [4.69, 9.17) is 15.7 Å². The number of nitrogens with two attached hydrogens (primary N) is 1. The van der Waals surface area contributed by atoms with Crippen LogP contribution in [-0.4, -0.2) is 17.6 Å². The summed E-state index contributed by atoms with van der Waals surface area (Å²) in [5.41, 5.74) is 5.57. The fourth-order valence-electron chi connectivity index (χ4n) is 2.60. The third-order valence-corrected chi connectivity index (χ3v) is 3.72. The van der Waals surface area contributed by atoms with E-state index in [2.05, 4.69) is 0 Å². The molecular formula is C14H17N3O3. The van der Waals surface area contributed by atoms with Gasteiger partial charge in [0.2, 0.25) is 0 Å². The van der Waals surface area contributed by atoms with Crippen molar-refractivity contribution >= 4 is 5.69 Å². The highest BCUT2D eigenvalue weighted by atomic mass is 16.6. The Kier molecular flexibility index (Phi) is 4.53. The van der Waals surface area contributed by atoms with Gasteiger partial charge in [0.1, 0.15) is 23.5 Å². The molecule has 106 valence electrons. The van der Waals surface area contributed by atoms with Gasteiger partial charge in [-0.3, -0.25) is 10.1 Å². The molecule has 0 radical (unpaired) electrons. The number of nitro benzene ring substituents is 1. The van der Waals surface area contributed by atoms with Gasteiger partial charge in [0, 0.05) is 5.92 Å². The van der Waals surface area contributed by atoms with E-state index in [1.54, 1.807) is 6.07 Å². The van der Waals surface area contributed by atoms with Crippen molar-refractivity contribution in [1.29, 1.82) is 5.26 Å². The number of rotatable bonds is 4. The predicted octanol–water partition coefficient (Wildman–Crippen LogP) is 2.36. The van der Waals surface area contributed by atoms with E-state index < -0.39 is 4.92 Å². The molecule has 0 heterocycles. The summed E-state index contributed by atoms with van der Waals surface area (Å²) in [6.07, 6.45) is 4.17. The highest BCUT2D eigenvalue weighted by Gasteiger charge is 2.26. The SMILES string of the molecule is N#Cc1ccc(OC2CCCCC2CN)cc1[N+](=O)[O-]. The average Bonchev–Trinajstić information content (AvgIpc) is 2.47. The molecule has 2 unspecified atom stereocenters. The molecule has 1 aliphatic rings. The zero-order valence-electron chi connectivity index (χ0n) is 11.1. The van der Waals surface area contributed by atoms with Crippen molar-refractivity contribution in [3.05, 3.63) is 33.9 Å². The quantitative estimate of drug-likeness (QED) is 0.671. The zero-order valence-corrected chi connectivity index (χ0v) is 11.1. The Labute approximate surface area is 117 Å². The number of nitro groups is 1. The van der Waals surface area contributed by atoms with Crippen LogP contribution in [0.3, 0.4) is 0 Å². The Morgan fingerprint density at radius 3 is 2.85 bits per heavy atom. The zero-order chi connectivity index (χ0) is 14.5. The van der Waals surface area contributed by atoms with E-state index in [0.717, 1.165) is 25.7 Å². The van der Waals surface area contributed by atoms with Gasteiger partial charge in [-0.25, -0.2) is 0 Å². The van der Waals surface area contributed by atoms with E-state index >= 15 is 0 Å². The maximum absolute atomic E-state index is 10.9. The summed E-state index contributed by atoms with van der Waals surface area (Å²) in [5.74, 6) is 0.722. The predicted molar refractivity (Wildman–Crippen MR) is 73.2 cm³/mol. The Morgan fingerprint density at radius 2 is 2.20 bits per heavy atom. The molecule has 1 fully saturated rings. The fraction of sp³-hybridized carbons (Fsp3) is 0.500. The molecule has 2 rings (SSSR count). The second-order valence-electron chi connectivity index (χ2n) is 4.98. The van der Waals surface area contributed by atoms with Crippen LogP contribution >= 0.6 is 0 Å². The summed E-state index contributed by atoms with van der Waals surface area (Å²) in [5, 5.41) is 19.8. The number of benzene rings is 1. The van der Waals surface area contributed by atoms with Gasteiger partial charge < -0.3 is 10.5 Å². The van der Waals surface area contributed by atoms with E-state index in [-0.39, 0.29) is 17.4 Å². The third-order valence-electron chi connectivity index (χ3n) is 3.72. The molecule has 1 aliphatic carbocycles. The van der Waals surface area contributed by atoms with Crippen molar-refractivity contribution in [2.75, 3.05) is 6.54 Å². The fourth-order valence-corrected chi connectivity index (χ4v) is 2.60. The molecule has 2 N–H and O–H groups in total. The third kappa shape index (κ3) is 3.06. The molecule has 0 saturated heterocycles. The Hall–Kier alpha value is -2.13. The minimum atomic E-state index is -0.563. The summed E-state index contributed by atoms with van der Waals surface area (Å²) in [4.78, 5) is 10.4. The van der Waals surface area contributed by atoms with Gasteiger partial charge in [-0.15, -0.1) is 0 Å². The molecule has 0 amide bonds. The van der Waals surface area contributed by atoms with Crippen molar-refractivity contribution in [2.24, 2.45) is 11.7 Å². The maximum Gasteiger partial charge on any atom is 0.290 e. The van der Waals surface area contributed by atoms with E-state index in [9.17, 15) is 10.1 Å². The molecule has 1 saturated carbocycles. The first-order chi connectivity index (χ1) is 9.65. The number of nitriles is 1. The lowest BCUT2D eigenvalue weighted by Crippen LogP contribution is -2.35. The first-order valence-corrected chi connectivity index (χ1v) is 6.71. The van der Waals surface area contributed by atoms with Crippen LogP contribution in [0.5, 0.6) is 5.75 Å². The summed E-state index contributed by atoms with van der Waals surface area (Å²) in [6.45, 7) is 0.559. The van der Waals surface area contributed by atoms with Crippen molar-refractivity contribution < 1.29 is 9.66 Å². The first kappa shape index (κ1) is 14.3. The molecule has 1 aromatic carbocycles. The van der Waals surface area contributed by atoms with Gasteiger partial charge in [-0.2, -0.15) is 5.26 Å². The van der Waals surface area contributed by atoms with E-state index in [1.807, 2.05) is 6.07 Å². The highest BCUT2D eigenvalue weighted by Crippen LogP contribution is 2.30. The van der Waals surface area contributed by atoms with Gasteiger partial charge in [-0.05, 0) is 37.9 Å². The van der Waals surface area contributed by atoms with Crippen molar-refractivity contribution in [3.8, 4) is 11.8 Å². The van der Waals surface area contributed by atoms with Crippen LogP contribution in [0.15, 0.2) is 18.2 Å². The second-order valence-corrected chi connectivity index (χ2v) is 4.98. The van der Waals surface area contributed by atoms with Crippen molar-refractivity contribution in [1.82, 2.24) is 0 Å². The summed E-state index contributed by atoms with van der Waals surface area (Å²) in [6, 6.07) is 6.16. The van der Waals surface area contributed by atoms with E-state index in [1.165, 1.54) is 12.1 Å². The molecule has 0 aliphatic heterocycles. The Morgan fingerprint density at radius 1 is 1.45 bits per heavy atom. The first-order valence-electron chi connectivity index (χ1n) is 6.71. The van der Waals surface area contributed by atoms with Gasteiger partial charge in [0.25, 0.3) is 5.69 Å². The van der Waals surface area contributed by atoms with Gasteiger partial charge in [0.05, 0.1) is 11.0 Å². The summed E-state index contributed by atoms with van der Waals surface area (Å²) in [7, 11) is 0. The molecule has 1 aromatic rings. The van der Waals surface area contributed by atoms with Crippen LogP contribution in [0.1, 0.15) is 31.2 Å². The van der Waals surface area contributed by atoms with Crippen LogP contribution in [0, 0.1) is 27.4 Å². The lowest BCUT2D eigenvalue weighted by molar-refractivity contribution is -0.385. The number of hydrogen-bond acceptors (Lipinski definition) is 5. The smallest absolute Gasteiger partial charge is 0.290 e. The number of ether oxygens (including phenoxy) is 1. The highest BCUT2D eigenvalue weighted by molar-refractivity contribution is 5.52. The lowest BCUT2D eigenvalue weighted by atomic mass is 9.86. The second kappa shape index (κ2) is 6.35. The standard InChI is InChI=1S/C14H17N3O3/c15-8-10-5-6-12(7-13(10)17(18)19)20-14-4-2-1-3-11(14)9-16/h5-7,11,14H,1-4,9,16H2. The van der Waals surface area contributed by atoms with Gasteiger partial charge in [-0.1, -0.05) is 6.42 Å².